The van der Waals surface area contributed by atoms with Crippen LogP contribution in [0.1, 0.15) is 5.56 Å². The first-order chi connectivity index (χ1) is 17.2. The molecule has 3 aromatic carbocycles. The van der Waals surface area contributed by atoms with Crippen molar-refractivity contribution in [2.24, 2.45) is 0 Å². The van der Waals surface area contributed by atoms with Crippen molar-refractivity contribution in [2.75, 3.05) is 10.6 Å². The predicted octanol–water partition coefficient (Wildman–Crippen LogP) is 4.77. The second-order valence-corrected chi connectivity index (χ2v) is 6.93. The highest BCUT2D eigenvalue weighted by molar-refractivity contribution is 6.29. The van der Waals surface area contributed by atoms with Crippen LogP contribution in [-0.2, 0) is 9.59 Å². The molecule has 0 aliphatic heterocycles. The van der Waals surface area contributed by atoms with Gasteiger partial charge in [0.15, 0.2) is 0 Å². The summed E-state index contributed by atoms with van der Waals surface area (Å²) in [6.07, 6.45) is 0.923. The summed E-state index contributed by atoms with van der Waals surface area (Å²) in [5.41, 5.74) is -2.21. The van der Waals surface area contributed by atoms with Gasteiger partial charge in [0.05, 0.1) is 9.85 Å². The number of amides is 2. The number of hydrogen-bond acceptors (Lipinski definition) is 7. The summed E-state index contributed by atoms with van der Waals surface area (Å²) in [6.45, 7) is -3.20. The monoisotopic (exact) mass is 498 g/mol. The molecule has 184 valence electrons. The number of nitro groups is 2. The highest BCUT2D eigenvalue weighted by Gasteiger charge is 2.25. The average Bonchev–Trinajstić information content (AvgIpc) is 2.83. The summed E-state index contributed by atoms with van der Waals surface area (Å²) in [5.74, 6) is -2.65. The van der Waals surface area contributed by atoms with Gasteiger partial charge in [-0.05, 0) is 24.3 Å². The Kier molecular flexibility index (Phi) is 7.97. The van der Waals surface area contributed by atoms with Crippen LogP contribution in [0.2, 0.25) is 0 Å². The molecule has 11 nitrogen and oxygen atoms in total. The van der Waals surface area contributed by atoms with Crippen molar-refractivity contribution >= 4 is 40.6 Å². The van der Waals surface area contributed by atoms with Gasteiger partial charge in [0, 0.05) is 17.7 Å². The third-order valence-corrected chi connectivity index (χ3v) is 4.62. The van der Waals surface area contributed by atoms with Crippen molar-refractivity contribution < 1.29 is 33.0 Å². The van der Waals surface area contributed by atoms with E-state index in [2.05, 4.69) is 15.4 Å². The van der Waals surface area contributed by atoms with Gasteiger partial charge in [0.1, 0.15) is 22.7 Å². The molecule has 0 unspecified atom stereocenters. The molecule has 0 spiro atoms. The van der Waals surface area contributed by atoms with Gasteiger partial charge < -0.3 is 15.4 Å². The minimum absolute atomic E-state index is 0.0942. The molecule has 0 aromatic heterocycles. The summed E-state index contributed by atoms with van der Waals surface area (Å²) >= 11 is 0. The van der Waals surface area contributed by atoms with Gasteiger partial charge >= 0.3 is 6.61 Å². The number of halogens is 2. The summed E-state index contributed by atoms with van der Waals surface area (Å²) in [6, 6.07) is 15.5. The van der Waals surface area contributed by atoms with E-state index in [0.29, 0.717) is 0 Å². The first kappa shape index (κ1) is 25.4. The number of ether oxygens (including phenoxy) is 1. The molecule has 2 amide bonds. The van der Waals surface area contributed by atoms with Crippen molar-refractivity contribution in [2.45, 2.75) is 6.61 Å². The molecule has 0 fully saturated rings. The van der Waals surface area contributed by atoms with E-state index in [1.807, 2.05) is 0 Å². The number of nitro benzene ring substituents is 2. The Hall–Kier alpha value is -5.20. The molecular formula is C23H16F2N4O7. The summed E-state index contributed by atoms with van der Waals surface area (Å²) in [7, 11) is 0. The zero-order chi connectivity index (χ0) is 26.2. The number of hydrogen-bond donors (Lipinski definition) is 2. The van der Waals surface area contributed by atoms with Gasteiger partial charge in [-0.1, -0.05) is 42.5 Å². The van der Waals surface area contributed by atoms with E-state index >= 15 is 0 Å². The van der Waals surface area contributed by atoms with Crippen molar-refractivity contribution in [3.05, 3.63) is 104 Å². The van der Waals surface area contributed by atoms with Crippen LogP contribution in [0.15, 0.2) is 78.4 Å². The van der Waals surface area contributed by atoms with Gasteiger partial charge in [-0.25, -0.2) is 0 Å². The largest absolute Gasteiger partial charge is 0.434 e. The number of nitrogens with one attached hydrogen (secondary N) is 2. The van der Waals surface area contributed by atoms with Crippen molar-refractivity contribution in [1.29, 1.82) is 0 Å². The number of alkyl halides is 2. The normalized spacial score (nSPS) is 10.3. The molecule has 0 saturated heterocycles. The van der Waals surface area contributed by atoms with Crippen LogP contribution < -0.4 is 15.4 Å². The Morgan fingerprint density at radius 1 is 0.778 bits per heavy atom. The van der Waals surface area contributed by atoms with Gasteiger partial charge in [0.2, 0.25) is 0 Å². The fraction of sp³-hybridized carbons (Fsp3) is 0.0435. The Morgan fingerprint density at radius 2 is 1.22 bits per heavy atom. The lowest BCUT2D eigenvalue weighted by atomic mass is 10.1. The van der Waals surface area contributed by atoms with Gasteiger partial charge in [0.25, 0.3) is 23.2 Å². The smallest absolute Gasteiger partial charge is 0.387 e. The number of para-hydroxylation sites is 5. The average molecular weight is 498 g/mol. The highest BCUT2D eigenvalue weighted by atomic mass is 19.3. The Morgan fingerprint density at radius 3 is 1.69 bits per heavy atom. The molecule has 13 heteroatoms. The lowest BCUT2D eigenvalue weighted by Crippen LogP contribution is -2.26. The van der Waals surface area contributed by atoms with E-state index in [1.165, 1.54) is 60.7 Å². The number of anilines is 2. The zero-order valence-corrected chi connectivity index (χ0v) is 18.1. The topological polar surface area (TPSA) is 154 Å². The zero-order valence-electron chi connectivity index (χ0n) is 18.1. The summed E-state index contributed by atoms with van der Waals surface area (Å²) < 4.78 is 30.1. The third-order valence-electron chi connectivity index (χ3n) is 4.62. The maximum absolute atomic E-state index is 13.1. The van der Waals surface area contributed by atoms with Crippen LogP contribution in [0, 0.1) is 20.2 Å². The lowest BCUT2D eigenvalue weighted by Gasteiger charge is -2.12. The Labute approximate surface area is 201 Å². The van der Waals surface area contributed by atoms with Crippen LogP contribution in [0.5, 0.6) is 5.75 Å². The van der Waals surface area contributed by atoms with E-state index in [9.17, 15) is 38.6 Å². The summed E-state index contributed by atoms with van der Waals surface area (Å²) in [5, 5.41) is 27.1. The molecule has 0 saturated carbocycles. The number of benzene rings is 3. The Balaban J connectivity index is 2.06. The lowest BCUT2D eigenvalue weighted by molar-refractivity contribution is -0.384. The van der Waals surface area contributed by atoms with Crippen LogP contribution in [0.3, 0.4) is 0 Å². The van der Waals surface area contributed by atoms with Crippen molar-refractivity contribution in [3.63, 3.8) is 0 Å². The minimum atomic E-state index is -3.20. The molecule has 0 aliphatic carbocycles. The number of carbonyl (C=O) groups is 2. The van der Waals surface area contributed by atoms with Gasteiger partial charge in [-0.15, -0.1) is 0 Å². The van der Waals surface area contributed by atoms with Crippen LogP contribution >= 0.6 is 0 Å². The maximum Gasteiger partial charge on any atom is 0.387 e. The molecular weight excluding hydrogens is 482 g/mol. The maximum atomic E-state index is 13.1. The second-order valence-electron chi connectivity index (χ2n) is 6.93. The van der Waals surface area contributed by atoms with Crippen molar-refractivity contribution in [1.82, 2.24) is 0 Å². The molecule has 0 aliphatic rings. The van der Waals surface area contributed by atoms with Gasteiger partial charge in [-0.3, -0.25) is 29.8 Å². The molecule has 3 rings (SSSR count). The van der Waals surface area contributed by atoms with Crippen LogP contribution in [0.4, 0.5) is 31.5 Å². The van der Waals surface area contributed by atoms with Crippen molar-refractivity contribution in [3.8, 4) is 5.75 Å². The second kappa shape index (κ2) is 11.3. The number of rotatable bonds is 9. The molecule has 0 radical (unpaired) electrons. The molecule has 0 atom stereocenters. The standard InChI is InChI=1S/C23H16F2N4O7/c24-23(25)36-20-12-6-1-7-14(20)13-15(21(30)26-16-8-2-4-10-18(16)28(32)33)22(31)27-17-9-3-5-11-19(17)29(34)35/h1-13,23H,(H,26,30)(H,27,31). The molecule has 3 aromatic rings. The van der Waals surface area contributed by atoms with E-state index < -0.39 is 45.2 Å². The molecule has 2 N–H and O–H groups in total. The molecule has 36 heavy (non-hydrogen) atoms. The summed E-state index contributed by atoms with van der Waals surface area (Å²) in [4.78, 5) is 47.3. The fourth-order valence-corrected chi connectivity index (χ4v) is 3.05. The molecule has 0 bridgehead atoms. The highest BCUT2D eigenvalue weighted by Crippen LogP contribution is 2.28. The third kappa shape index (κ3) is 6.22. The minimum Gasteiger partial charge on any atom is -0.434 e. The van der Waals surface area contributed by atoms with E-state index in [0.717, 1.165) is 18.2 Å². The van der Waals surface area contributed by atoms with E-state index in [-0.39, 0.29) is 22.7 Å². The van der Waals surface area contributed by atoms with E-state index in [1.54, 1.807) is 0 Å². The number of nitrogens with zero attached hydrogens (tertiary/aromatic N) is 2. The Bertz CT molecular complexity index is 1290. The first-order valence-corrected chi connectivity index (χ1v) is 10.0. The quantitative estimate of drug-likeness (QED) is 0.142. The molecule has 0 heterocycles. The van der Waals surface area contributed by atoms with E-state index in [4.69, 9.17) is 0 Å². The van der Waals surface area contributed by atoms with Crippen LogP contribution in [0.25, 0.3) is 6.08 Å². The van der Waals surface area contributed by atoms with Gasteiger partial charge in [-0.2, -0.15) is 8.78 Å². The number of carbonyl (C=O) groups excluding carboxylic acids is 2. The first-order valence-electron chi connectivity index (χ1n) is 10.0. The predicted molar refractivity (Wildman–Crippen MR) is 125 cm³/mol. The van der Waals surface area contributed by atoms with Crippen LogP contribution in [-0.4, -0.2) is 28.3 Å². The SMILES string of the molecule is O=C(Nc1ccccc1[N+](=O)[O-])C(=Cc1ccccc1OC(F)F)C(=O)Nc1ccccc1[N+](=O)[O-]. The fourth-order valence-electron chi connectivity index (χ4n) is 3.05.